The van der Waals surface area contributed by atoms with Crippen molar-refractivity contribution in [3.63, 3.8) is 0 Å². The number of allylic oxidation sites excluding steroid dienone is 2. The van der Waals surface area contributed by atoms with Crippen molar-refractivity contribution in [2.45, 2.75) is 76.8 Å². The molecular formula is C36H36BrF7N2O4. The fourth-order valence-corrected chi connectivity index (χ4v) is 6.14. The second-order valence-corrected chi connectivity index (χ2v) is 12.4. The van der Waals surface area contributed by atoms with Crippen LogP contribution >= 0.6 is 15.9 Å². The number of carbonyl (C=O) groups excluding carboxylic acids is 2. The summed E-state index contributed by atoms with van der Waals surface area (Å²) in [6.45, 7) is 10.2. The number of pyridine rings is 1. The maximum absolute atomic E-state index is 14.6. The molecule has 0 spiro atoms. The summed E-state index contributed by atoms with van der Waals surface area (Å²) in [4.78, 5) is 39.3. The number of aromatic nitrogens is 1. The first-order valence-electron chi connectivity index (χ1n) is 15.6. The Morgan fingerprint density at radius 3 is 2.30 bits per heavy atom. The number of hydrogen-bond donors (Lipinski definition) is 1. The second-order valence-electron chi connectivity index (χ2n) is 11.5. The maximum atomic E-state index is 14.6. The maximum Gasteiger partial charge on any atom is 0.417 e. The highest BCUT2D eigenvalue weighted by Gasteiger charge is 2.36. The van der Waals surface area contributed by atoms with Crippen molar-refractivity contribution in [2.75, 3.05) is 6.61 Å². The number of esters is 1. The molecule has 0 aliphatic heterocycles. The molecule has 0 aliphatic rings. The molecule has 1 aromatic heterocycles. The van der Waals surface area contributed by atoms with Gasteiger partial charge in [0, 0.05) is 16.7 Å². The van der Waals surface area contributed by atoms with Crippen molar-refractivity contribution in [2.24, 2.45) is 0 Å². The summed E-state index contributed by atoms with van der Waals surface area (Å²) in [5, 5.41) is 2.52. The van der Waals surface area contributed by atoms with Gasteiger partial charge in [0.2, 0.25) is 5.91 Å². The van der Waals surface area contributed by atoms with Crippen LogP contribution in [0, 0.1) is 12.7 Å². The van der Waals surface area contributed by atoms with E-state index in [1.54, 1.807) is 13.0 Å². The van der Waals surface area contributed by atoms with Crippen LogP contribution in [0.15, 0.2) is 77.2 Å². The first kappa shape index (κ1) is 40.2. The summed E-state index contributed by atoms with van der Waals surface area (Å²) in [5.74, 6) is -2.43. The highest BCUT2D eigenvalue weighted by atomic mass is 79.9. The topological polar surface area (TPSA) is 77.4 Å². The summed E-state index contributed by atoms with van der Waals surface area (Å²) < 4.78 is 103. The van der Waals surface area contributed by atoms with Gasteiger partial charge >= 0.3 is 18.3 Å². The van der Waals surface area contributed by atoms with Gasteiger partial charge in [0.05, 0.1) is 30.2 Å². The molecule has 2 atom stereocenters. The molecule has 1 N–H and O–H groups in total. The normalized spacial score (nSPS) is 13.0. The summed E-state index contributed by atoms with van der Waals surface area (Å²) in [7, 11) is 0. The molecule has 50 heavy (non-hydrogen) atoms. The number of aryl methyl sites for hydroxylation is 2. The van der Waals surface area contributed by atoms with Crippen LogP contribution in [0.2, 0.25) is 0 Å². The predicted octanol–water partition coefficient (Wildman–Crippen LogP) is 9.59. The van der Waals surface area contributed by atoms with Crippen molar-refractivity contribution in [3.05, 3.63) is 116 Å². The van der Waals surface area contributed by atoms with E-state index in [2.05, 4.69) is 34.4 Å². The standard InChI is InChI=1S/C36H36BrF7N2O4/c1-5-8-9-10-12-22-17-26(38)13-21(4)33(22)24-14-23(15-25(16-24)35(39,40)41)29(19-32(48)50-7-3)45-34(49)30(11-6-2)46-20-28(37)27(18-31(46)47)36(42,43)44/h5-6,13-18,20,29-30H,1-2,7-12,19H2,3-4H3,(H,45,49)/t29-,30-/m0/s1. The quantitative estimate of drug-likeness (QED) is 0.0723. The highest BCUT2D eigenvalue weighted by Crippen LogP contribution is 2.39. The SMILES string of the molecule is C=CCCCCc1cc(F)cc(C)c1-c1cc([C@H](CC(=O)OCC)NC(=O)[C@H](CC=C)n2cc(Br)c(C(F)(F)F)cc2=O)cc(C(F)(F)F)c1. The first-order valence-corrected chi connectivity index (χ1v) is 16.4. The van der Waals surface area contributed by atoms with Gasteiger partial charge in [0.25, 0.3) is 5.56 Å². The van der Waals surface area contributed by atoms with Crippen molar-refractivity contribution in [1.82, 2.24) is 9.88 Å². The van der Waals surface area contributed by atoms with Crippen LogP contribution in [-0.4, -0.2) is 23.1 Å². The van der Waals surface area contributed by atoms with E-state index in [1.165, 1.54) is 31.2 Å². The molecule has 0 aliphatic carbocycles. The molecule has 0 saturated carbocycles. The van der Waals surface area contributed by atoms with Gasteiger partial charge in [-0.3, -0.25) is 14.4 Å². The lowest BCUT2D eigenvalue weighted by Gasteiger charge is -2.25. The molecule has 0 bridgehead atoms. The molecule has 270 valence electrons. The Morgan fingerprint density at radius 1 is 1.00 bits per heavy atom. The number of ether oxygens (including phenoxy) is 1. The summed E-state index contributed by atoms with van der Waals surface area (Å²) >= 11 is 2.79. The smallest absolute Gasteiger partial charge is 0.417 e. The van der Waals surface area contributed by atoms with E-state index in [-0.39, 0.29) is 24.2 Å². The number of hydrogen-bond acceptors (Lipinski definition) is 4. The Morgan fingerprint density at radius 2 is 1.70 bits per heavy atom. The third-order valence-electron chi connectivity index (χ3n) is 7.82. The number of unbranched alkanes of at least 4 members (excludes halogenated alkanes) is 2. The van der Waals surface area contributed by atoms with E-state index in [4.69, 9.17) is 4.74 Å². The van der Waals surface area contributed by atoms with Crippen molar-refractivity contribution in [1.29, 1.82) is 0 Å². The molecule has 14 heteroatoms. The van der Waals surface area contributed by atoms with Crippen molar-refractivity contribution >= 4 is 27.8 Å². The Hall–Kier alpha value is -4.20. The lowest BCUT2D eigenvalue weighted by molar-refractivity contribution is -0.144. The minimum Gasteiger partial charge on any atom is -0.466 e. The van der Waals surface area contributed by atoms with E-state index in [1.807, 2.05) is 0 Å². The molecular weight excluding hydrogens is 737 g/mol. The average molecular weight is 774 g/mol. The lowest BCUT2D eigenvalue weighted by Crippen LogP contribution is -2.39. The molecule has 2 aromatic carbocycles. The van der Waals surface area contributed by atoms with Crippen molar-refractivity contribution in [3.8, 4) is 11.1 Å². The van der Waals surface area contributed by atoms with Crippen molar-refractivity contribution < 1.29 is 45.1 Å². The van der Waals surface area contributed by atoms with E-state index in [0.717, 1.165) is 22.9 Å². The van der Waals surface area contributed by atoms with E-state index >= 15 is 0 Å². The van der Waals surface area contributed by atoms with Crippen LogP contribution in [0.3, 0.4) is 0 Å². The van der Waals surface area contributed by atoms with Crippen LogP contribution in [0.4, 0.5) is 30.7 Å². The average Bonchev–Trinajstić information content (AvgIpc) is 3.01. The number of halogens is 8. The number of alkyl halides is 6. The third-order valence-corrected chi connectivity index (χ3v) is 8.45. The van der Waals surface area contributed by atoms with Gasteiger partial charge in [-0.15, -0.1) is 13.2 Å². The summed E-state index contributed by atoms with van der Waals surface area (Å²) in [6.07, 6.45) is -4.58. The zero-order valence-electron chi connectivity index (χ0n) is 27.3. The molecule has 0 radical (unpaired) electrons. The van der Waals surface area contributed by atoms with Gasteiger partial charge in [-0.2, -0.15) is 26.3 Å². The number of amides is 1. The molecule has 0 saturated heterocycles. The minimum absolute atomic E-state index is 0.0553. The monoisotopic (exact) mass is 772 g/mol. The summed E-state index contributed by atoms with van der Waals surface area (Å²) in [5.41, 5.74) is -2.50. The van der Waals surface area contributed by atoms with Gasteiger partial charge < -0.3 is 14.6 Å². The second kappa shape index (κ2) is 17.1. The molecule has 6 nitrogen and oxygen atoms in total. The van der Waals surface area contributed by atoms with E-state index in [0.29, 0.717) is 48.4 Å². The van der Waals surface area contributed by atoms with E-state index in [9.17, 15) is 45.1 Å². The Kier molecular flexibility index (Phi) is 13.8. The molecule has 1 heterocycles. The van der Waals surface area contributed by atoms with Crippen LogP contribution in [0.5, 0.6) is 0 Å². The fraction of sp³-hybridized carbons (Fsp3) is 0.361. The minimum atomic E-state index is -4.88. The molecule has 0 unspecified atom stereocenters. The van der Waals surface area contributed by atoms with Crippen LogP contribution in [0.25, 0.3) is 11.1 Å². The largest absolute Gasteiger partial charge is 0.466 e. The Balaban J connectivity index is 2.20. The third kappa shape index (κ3) is 10.4. The fourth-order valence-electron chi connectivity index (χ4n) is 5.58. The number of rotatable bonds is 15. The first-order chi connectivity index (χ1) is 23.4. The number of benzene rings is 2. The molecule has 0 fully saturated rings. The van der Waals surface area contributed by atoms with Gasteiger partial charge in [-0.25, -0.2) is 4.39 Å². The predicted molar refractivity (Wildman–Crippen MR) is 179 cm³/mol. The van der Waals surface area contributed by atoms with E-state index < -0.39 is 69.7 Å². The molecule has 1 amide bonds. The van der Waals surface area contributed by atoms with Gasteiger partial charge in [0.1, 0.15) is 11.9 Å². The van der Waals surface area contributed by atoms with Crippen LogP contribution in [0.1, 0.15) is 78.9 Å². The van der Waals surface area contributed by atoms with Crippen LogP contribution < -0.4 is 10.9 Å². The van der Waals surface area contributed by atoms with Gasteiger partial charge in [0.15, 0.2) is 0 Å². The van der Waals surface area contributed by atoms with Gasteiger partial charge in [-0.1, -0.05) is 12.2 Å². The Labute approximate surface area is 293 Å². The molecule has 3 aromatic rings. The zero-order chi connectivity index (χ0) is 37.4. The zero-order valence-corrected chi connectivity index (χ0v) is 28.9. The molecule has 3 rings (SSSR count). The van der Waals surface area contributed by atoms with Gasteiger partial charge in [-0.05, 0) is 120 Å². The number of nitrogens with zero attached hydrogens (tertiary/aromatic N) is 1. The Bertz CT molecular complexity index is 1780. The van der Waals surface area contributed by atoms with Crippen LogP contribution in [-0.2, 0) is 33.1 Å². The highest BCUT2D eigenvalue weighted by molar-refractivity contribution is 9.10. The summed E-state index contributed by atoms with van der Waals surface area (Å²) in [6, 6.07) is 2.82. The number of carbonyl (C=O) groups is 2. The number of nitrogens with one attached hydrogen (secondary N) is 1. The lowest BCUT2D eigenvalue weighted by atomic mass is 9.88.